The number of carbonyl (C=O) groups is 2. The average molecular weight is 320 g/mol. The fourth-order valence-corrected chi connectivity index (χ4v) is 0.883. The summed E-state index contributed by atoms with van der Waals surface area (Å²) >= 11 is 0. The molecule has 0 bridgehead atoms. The number of hydrogen-bond acceptors (Lipinski definition) is 4. The van der Waals surface area contributed by atoms with Crippen LogP contribution >= 0.6 is 0 Å². The van der Waals surface area contributed by atoms with Crippen LogP contribution < -0.4 is 10.2 Å². The van der Waals surface area contributed by atoms with Gasteiger partial charge in [-0.2, -0.15) is 0 Å². The second kappa shape index (κ2) is 7.32. The standard InChI is InChI=1S/C12H6O4.Ag/c13-11(14)7-5-9-1-2-10(4-3-9)6-8-12(15)16;/h1-4H,(H,13,14)(H,15,16);/p-2. The molecule has 0 saturated heterocycles. The molecular weight excluding hydrogens is 316 g/mol. The molecule has 0 spiro atoms. The molecular formula is C12H4AgO4-2. The number of carboxylic acid groups (broad SMARTS) is 2. The summed E-state index contributed by atoms with van der Waals surface area (Å²) in [6.45, 7) is 0. The topological polar surface area (TPSA) is 80.3 Å². The second-order valence-electron chi connectivity index (χ2n) is 2.65. The smallest absolute Gasteiger partial charge is 0.116 e. The number of hydrogen-bond donors (Lipinski definition) is 0. The summed E-state index contributed by atoms with van der Waals surface area (Å²) in [4.78, 5) is 20.1. The molecule has 0 amide bonds. The van der Waals surface area contributed by atoms with E-state index in [2.05, 4.69) is 11.8 Å². The quantitative estimate of drug-likeness (QED) is 0.405. The maximum Gasteiger partial charge on any atom is 0.116 e. The molecule has 0 N–H and O–H groups in total. The number of rotatable bonds is 0. The van der Waals surface area contributed by atoms with Crippen LogP contribution in [0.1, 0.15) is 11.1 Å². The predicted octanol–water partition coefficient (Wildman–Crippen LogP) is -2.11. The fraction of sp³-hybridized carbons (Fsp3) is 0. The fourth-order valence-electron chi connectivity index (χ4n) is 0.883. The summed E-state index contributed by atoms with van der Waals surface area (Å²) in [5.74, 6) is 5.47. The van der Waals surface area contributed by atoms with E-state index in [0.29, 0.717) is 11.1 Å². The van der Waals surface area contributed by atoms with Gasteiger partial charge in [0, 0.05) is 33.5 Å². The van der Waals surface area contributed by atoms with E-state index >= 15 is 0 Å². The normalized spacial score (nSPS) is 7.53. The Labute approximate surface area is 113 Å². The van der Waals surface area contributed by atoms with Crippen molar-refractivity contribution in [2.45, 2.75) is 0 Å². The van der Waals surface area contributed by atoms with Gasteiger partial charge in [0.25, 0.3) is 0 Å². The van der Waals surface area contributed by atoms with E-state index in [9.17, 15) is 19.8 Å². The van der Waals surface area contributed by atoms with Crippen molar-refractivity contribution in [3.63, 3.8) is 0 Å². The van der Waals surface area contributed by atoms with Gasteiger partial charge in [0.15, 0.2) is 0 Å². The summed E-state index contributed by atoms with van der Waals surface area (Å²) < 4.78 is 0. The van der Waals surface area contributed by atoms with E-state index < -0.39 is 11.9 Å². The minimum atomic E-state index is -1.46. The third-order valence-electron chi connectivity index (χ3n) is 1.50. The van der Waals surface area contributed by atoms with Crippen LogP contribution in [0.2, 0.25) is 0 Å². The summed E-state index contributed by atoms with van der Waals surface area (Å²) in [6, 6.07) is 6.09. The first kappa shape index (κ1) is 15.0. The number of aliphatic carboxylic acids is 2. The third kappa shape index (κ3) is 6.24. The minimum Gasteiger partial charge on any atom is -0.537 e. The second-order valence-corrected chi connectivity index (χ2v) is 2.65. The molecule has 0 fully saturated rings. The van der Waals surface area contributed by atoms with Crippen molar-refractivity contribution in [3.8, 4) is 23.7 Å². The first-order chi connectivity index (χ1) is 7.58. The Bertz CT molecular complexity index is 487. The Hall–Kier alpha value is -1.98. The average Bonchev–Trinajstić information content (AvgIpc) is 2.25. The zero-order chi connectivity index (χ0) is 12.0. The van der Waals surface area contributed by atoms with Gasteiger partial charge in [-0.15, -0.1) is 0 Å². The molecule has 5 heteroatoms. The van der Waals surface area contributed by atoms with Crippen molar-refractivity contribution < 1.29 is 42.2 Å². The van der Waals surface area contributed by atoms with Crippen LogP contribution in [0, 0.1) is 23.7 Å². The maximum atomic E-state index is 10.0. The van der Waals surface area contributed by atoms with Crippen LogP contribution in [-0.2, 0) is 32.0 Å². The molecule has 0 aliphatic rings. The van der Waals surface area contributed by atoms with Gasteiger partial charge in [0.1, 0.15) is 11.9 Å². The Morgan fingerprint density at radius 1 is 0.824 bits per heavy atom. The Kier molecular flexibility index (Phi) is 6.47. The van der Waals surface area contributed by atoms with E-state index in [1.165, 1.54) is 24.3 Å². The summed E-state index contributed by atoms with van der Waals surface area (Å²) in [6.07, 6.45) is 0. The van der Waals surface area contributed by atoms with Gasteiger partial charge in [-0.25, -0.2) is 0 Å². The molecule has 0 atom stereocenters. The predicted molar refractivity (Wildman–Crippen MR) is 50.2 cm³/mol. The van der Waals surface area contributed by atoms with E-state index in [1.54, 1.807) is 0 Å². The van der Waals surface area contributed by atoms with Crippen LogP contribution in [0.5, 0.6) is 0 Å². The van der Waals surface area contributed by atoms with Gasteiger partial charge < -0.3 is 19.8 Å². The van der Waals surface area contributed by atoms with Crippen LogP contribution in [0.3, 0.4) is 0 Å². The molecule has 0 aliphatic carbocycles. The van der Waals surface area contributed by atoms with Crippen LogP contribution in [0.15, 0.2) is 24.3 Å². The van der Waals surface area contributed by atoms with Gasteiger partial charge in [0.2, 0.25) is 0 Å². The zero-order valence-electron chi connectivity index (χ0n) is 8.24. The van der Waals surface area contributed by atoms with Crippen LogP contribution in [-0.4, -0.2) is 11.9 Å². The van der Waals surface area contributed by atoms with Crippen molar-refractivity contribution in [2.24, 2.45) is 0 Å². The number of carboxylic acids is 2. The molecule has 0 heterocycles. The van der Waals surface area contributed by atoms with E-state index in [0.717, 1.165) is 0 Å². The molecule has 1 aromatic carbocycles. The molecule has 0 unspecified atom stereocenters. The Morgan fingerprint density at radius 3 is 1.35 bits per heavy atom. The maximum absolute atomic E-state index is 10.0. The van der Waals surface area contributed by atoms with Crippen molar-refractivity contribution in [3.05, 3.63) is 35.4 Å². The van der Waals surface area contributed by atoms with Crippen molar-refractivity contribution in [2.75, 3.05) is 0 Å². The van der Waals surface area contributed by atoms with Crippen molar-refractivity contribution in [1.29, 1.82) is 0 Å². The zero-order valence-corrected chi connectivity index (χ0v) is 9.73. The summed E-state index contributed by atoms with van der Waals surface area (Å²) in [5.41, 5.74) is 0.950. The largest absolute Gasteiger partial charge is 0.537 e. The number of carbonyl (C=O) groups excluding carboxylic acids is 2. The Morgan fingerprint density at radius 2 is 1.12 bits per heavy atom. The van der Waals surface area contributed by atoms with Crippen molar-refractivity contribution in [1.82, 2.24) is 0 Å². The first-order valence-corrected chi connectivity index (χ1v) is 4.14. The molecule has 17 heavy (non-hydrogen) atoms. The number of benzene rings is 1. The summed E-state index contributed by atoms with van der Waals surface area (Å²) in [7, 11) is 0. The van der Waals surface area contributed by atoms with Crippen LogP contribution in [0.4, 0.5) is 0 Å². The SMILES string of the molecule is O=C([O-])C#Cc1ccc(C#CC(=O)[O-])cc1.[Ag]. The molecule has 1 radical (unpaired) electrons. The Balaban J connectivity index is 0.00000256. The molecule has 4 nitrogen and oxygen atoms in total. The van der Waals surface area contributed by atoms with E-state index in [-0.39, 0.29) is 22.4 Å². The minimum absolute atomic E-state index is 0. The summed E-state index contributed by atoms with van der Waals surface area (Å²) in [5, 5.41) is 20.1. The van der Waals surface area contributed by atoms with Gasteiger partial charge in [-0.05, 0) is 36.1 Å². The molecule has 1 rings (SSSR count). The third-order valence-corrected chi connectivity index (χ3v) is 1.50. The molecule has 89 valence electrons. The first-order valence-electron chi connectivity index (χ1n) is 4.14. The monoisotopic (exact) mass is 319 g/mol. The molecule has 0 saturated carbocycles. The molecule has 1 aromatic rings. The van der Waals surface area contributed by atoms with Crippen molar-refractivity contribution >= 4 is 11.9 Å². The van der Waals surface area contributed by atoms with Gasteiger partial charge >= 0.3 is 0 Å². The van der Waals surface area contributed by atoms with Crippen LogP contribution in [0.25, 0.3) is 0 Å². The molecule has 0 aromatic heterocycles. The van der Waals surface area contributed by atoms with Gasteiger partial charge in [-0.3, -0.25) is 0 Å². The molecule has 0 aliphatic heterocycles. The van der Waals surface area contributed by atoms with E-state index in [1.807, 2.05) is 11.8 Å². The van der Waals surface area contributed by atoms with Gasteiger partial charge in [0.05, 0.1) is 0 Å². The van der Waals surface area contributed by atoms with Gasteiger partial charge in [-0.1, -0.05) is 11.8 Å². The van der Waals surface area contributed by atoms with E-state index in [4.69, 9.17) is 0 Å².